The molecule has 0 unspecified atom stereocenters. The largest absolute Gasteiger partial charge is 0.253 e. The van der Waals surface area contributed by atoms with E-state index in [9.17, 15) is 8.42 Å². The van der Waals surface area contributed by atoms with Crippen molar-refractivity contribution < 1.29 is 8.42 Å². The quantitative estimate of drug-likeness (QED) is 0.776. The molecule has 0 aromatic carbocycles. The van der Waals surface area contributed by atoms with Gasteiger partial charge in [0.25, 0.3) is 10.0 Å². The van der Waals surface area contributed by atoms with Gasteiger partial charge in [0.1, 0.15) is 0 Å². The molecular formula is C7H11ClN2O2S. The first kappa shape index (κ1) is 10.5. The summed E-state index contributed by atoms with van der Waals surface area (Å²) in [7, 11) is -3.28. The summed E-state index contributed by atoms with van der Waals surface area (Å²) in [6.07, 6.45) is 4.09. The minimum Gasteiger partial charge on any atom is -0.205 e. The van der Waals surface area contributed by atoms with Gasteiger partial charge < -0.3 is 0 Å². The lowest BCUT2D eigenvalue weighted by Crippen LogP contribution is -2.16. The molecule has 0 N–H and O–H groups in total. The van der Waals surface area contributed by atoms with Crippen LogP contribution >= 0.6 is 11.6 Å². The van der Waals surface area contributed by atoms with E-state index in [0.717, 1.165) is 10.5 Å². The van der Waals surface area contributed by atoms with E-state index in [0.29, 0.717) is 11.4 Å². The van der Waals surface area contributed by atoms with Crippen molar-refractivity contribution in [2.24, 2.45) is 0 Å². The van der Waals surface area contributed by atoms with Crippen molar-refractivity contribution >= 4 is 21.6 Å². The topological polar surface area (TPSA) is 52.0 Å². The predicted octanol–water partition coefficient (Wildman–Crippen LogP) is 1.51. The summed E-state index contributed by atoms with van der Waals surface area (Å²) in [5.41, 5.74) is 0. The van der Waals surface area contributed by atoms with Crippen LogP contribution in [-0.2, 0) is 10.0 Å². The zero-order chi connectivity index (χ0) is 9.90. The first-order valence-corrected chi connectivity index (χ1v) is 5.98. The van der Waals surface area contributed by atoms with Crippen molar-refractivity contribution in [3.63, 3.8) is 0 Å². The Kier molecular flexibility index (Phi) is 3.33. The molecule has 1 heterocycles. The molecule has 1 rings (SSSR count). The number of halogens is 1. The van der Waals surface area contributed by atoms with Crippen LogP contribution in [0.4, 0.5) is 0 Å². The van der Waals surface area contributed by atoms with Gasteiger partial charge in [0.15, 0.2) is 0 Å². The molecule has 0 fully saturated rings. The van der Waals surface area contributed by atoms with Gasteiger partial charge in [-0.05, 0) is 6.42 Å². The van der Waals surface area contributed by atoms with E-state index in [-0.39, 0.29) is 5.75 Å². The molecule has 0 bridgehead atoms. The molecular weight excluding hydrogens is 212 g/mol. The molecule has 0 amide bonds. The van der Waals surface area contributed by atoms with Crippen LogP contribution in [0.25, 0.3) is 0 Å². The summed E-state index contributed by atoms with van der Waals surface area (Å²) in [6, 6.07) is 0. The summed E-state index contributed by atoms with van der Waals surface area (Å²) >= 11 is 5.55. The van der Waals surface area contributed by atoms with Crippen LogP contribution < -0.4 is 0 Å². The van der Waals surface area contributed by atoms with Crippen molar-refractivity contribution in [1.29, 1.82) is 0 Å². The summed E-state index contributed by atoms with van der Waals surface area (Å²) < 4.78 is 23.8. The van der Waals surface area contributed by atoms with Crippen molar-refractivity contribution in [2.45, 2.75) is 19.8 Å². The summed E-state index contributed by atoms with van der Waals surface area (Å²) in [5.74, 6) is 0.113. The van der Waals surface area contributed by atoms with Crippen LogP contribution in [0.15, 0.2) is 12.4 Å². The first-order valence-electron chi connectivity index (χ1n) is 3.99. The fraction of sp³-hybridized carbons (Fsp3) is 0.571. The number of hydrogen-bond donors (Lipinski definition) is 0. The van der Waals surface area contributed by atoms with E-state index < -0.39 is 10.0 Å². The van der Waals surface area contributed by atoms with Crippen LogP contribution in [0, 0.1) is 0 Å². The van der Waals surface area contributed by atoms with E-state index in [1.165, 1.54) is 12.4 Å². The third-order valence-corrected chi connectivity index (χ3v) is 3.34. The fourth-order valence-electron chi connectivity index (χ4n) is 0.857. The predicted molar refractivity (Wildman–Crippen MR) is 51.3 cm³/mol. The molecule has 1 aromatic rings. The highest BCUT2D eigenvalue weighted by molar-refractivity contribution is 7.89. The summed E-state index contributed by atoms with van der Waals surface area (Å²) in [5, 5.41) is 3.97. The van der Waals surface area contributed by atoms with Crippen LogP contribution in [0.1, 0.15) is 19.8 Å². The second-order valence-electron chi connectivity index (χ2n) is 2.70. The molecule has 13 heavy (non-hydrogen) atoms. The SMILES string of the molecule is CCCCS(=O)(=O)n1cc(Cl)cn1. The molecule has 0 saturated heterocycles. The van der Waals surface area contributed by atoms with Crippen LogP contribution in [0.3, 0.4) is 0 Å². The van der Waals surface area contributed by atoms with Crippen molar-refractivity contribution in [3.05, 3.63) is 17.4 Å². The molecule has 0 radical (unpaired) electrons. The number of hydrogen-bond acceptors (Lipinski definition) is 3. The highest BCUT2D eigenvalue weighted by Crippen LogP contribution is 2.08. The fourth-order valence-corrected chi connectivity index (χ4v) is 2.36. The molecule has 0 spiro atoms. The van der Waals surface area contributed by atoms with Gasteiger partial charge in [-0.25, -0.2) is 8.42 Å². The van der Waals surface area contributed by atoms with E-state index >= 15 is 0 Å². The Labute approximate surface area is 82.6 Å². The van der Waals surface area contributed by atoms with Gasteiger partial charge in [-0.3, -0.25) is 0 Å². The number of rotatable bonds is 4. The van der Waals surface area contributed by atoms with Gasteiger partial charge >= 0.3 is 0 Å². The molecule has 1 aromatic heterocycles. The molecule has 0 aliphatic carbocycles. The number of aromatic nitrogens is 2. The van der Waals surface area contributed by atoms with Gasteiger partial charge in [0, 0.05) is 0 Å². The second-order valence-corrected chi connectivity index (χ2v) is 5.08. The van der Waals surface area contributed by atoms with Crippen LogP contribution in [-0.4, -0.2) is 23.4 Å². The van der Waals surface area contributed by atoms with E-state index in [1.807, 2.05) is 6.92 Å². The molecule has 0 atom stereocenters. The molecule has 0 aliphatic rings. The maximum absolute atomic E-state index is 11.4. The zero-order valence-electron chi connectivity index (χ0n) is 7.27. The Morgan fingerprint density at radius 3 is 2.77 bits per heavy atom. The average Bonchev–Trinajstić information content (AvgIpc) is 2.49. The monoisotopic (exact) mass is 222 g/mol. The van der Waals surface area contributed by atoms with Gasteiger partial charge in [0.05, 0.1) is 23.2 Å². The minimum absolute atomic E-state index is 0.113. The smallest absolute Gasteiger partial charge is 0.205 e. The summed E-state index contributed by atoms with van der Waals surface area (Å²) in [6.45, 7) is 1.94. The van der Waals surface area contributed by atoms with E-state index in [4.69, 9.17) is 11.6 Å². The normalized spacial score (nSPS) is 11.8. The van der Waals surface area contributed by atoms with Gasteiger partial charge in [0.2, 0.25) is 0 Å². The third-order valence-electron chi connectivity index (χ3n) is 1.57. The average molecular weight is 223 g/mol. The molecule has 6 heteroatoms. The Morgan fingerprint density at radius 2 is 2.31 bits per heavy atom. The standard InChI is InChI=1S/C7H11ClN2O2S/c1-2-3-4-13(11,12)10-6-7(8)5-9-10/h5-6H,2-4H2,1H3. The van der Waals surface area contributed by atoms with Crippen molar-refractivity contribution in [2.75, 3.05) is 5.75 Å². The first-order chi connectivity index (χ1) is 6.06. The van der Waals surface area contributed by atoms with Gasteiger partial charge in [-0.15, -0.1) is 0 Å². The lowest BCUT2D eigenvalue weighted by molar-refractivity contribution is 0.576. The maximum Gasteiger partial charge on any atom is 0.253 e. The number of nitrogens with zero attached hydrogens (tertiary/aromatic N) is 2. The van der Waals surface area contributed by atoms with Crippen molar-refractivity contribution in [1.82, 2.24) is 9.19 Å². The molecule has 74 valence electrons. The van der Waals surface area contributed by atoms with Crippen molar-refractivity contribution in [3.8, 4) is 0 Å². The van der Waals surface area contributed by atoms with Crippen LogP contribution in [0.2, 0.25) is 5.02 Å². The summed E-state index contributed by atoms with van der Waals surface area (Å²) in [4.78, 5) is 0. The maximum atomic E-state index is 11.4. The highest BCUT2D eigenvalue weighted by atomic mass is 35.5. The van der Waals surface area contributed by atoms with Gasteiger partial charge in [-0.2, -0.15) is 9.19 Å². The van der Waals surface area contributed by atoms with Crippen LogP contribution in [0.5, 0.6) is 0 Å². The van der Waals surface area contributed by atoms with Gasteiger partial charge in [-0.1, -0.05) is 24.9 Å². The minimum atomic E-state index is -3.28. The Hall–Kier alpha value is -0.550. The number of unbranched alkanes of at least 4 members (excludes halogenated alkanes) is 1. The second kappa shape index (κ2) is 4.11. The highest BCUT2D eigenvalue weighted by Gasteiger charge is 2.12. The molecule has 0 saturated carbocycles. The Balaban J connectivity index is 2.82. The Bertz CT molecular complexity index is 372. The van der Waals surface area contributed by atoms with E-state index in [2.05, 4.69) is 5.10 Å². The lowest BCUT2D eigenvalue weighted by atomic mass is 10.4. The Morgan fingerprint density at radius 1 is 1.62 bits per heavy atom. The molecule has 4 nitrogen and oxygen atoms in total. The van der Waals surface area contributed by atoms with E-state index in [1.54, 1.807) is 0 Å². The zero-order valence-corrected chi connectivity index (χ0v) is 8.85. The molecule has 0 aliphatic heterocycles. The lowest BCUT2D eigenvalue weighted by Gasteiger charge is -2.01. The third kappa shape index (κ3) is 2.70.